The minimum Gasteiger partial charge on any atom is -0.349 e. The molecule has 0 atom stereocenters. The molecule has 0 aliphatic heterocycles. The standard InChI is InChI=1S/C13H26N2O/c1-4-11-5-7-12(8-6-11)14-10-9-13(16)15(2)3/h11-12,14H,4-10H2,1-3H3. The largest absolute Gasteiger partial charge is 0.349 e. The molecule has 1 rings (SSSR count). The van der Waals surface area contributed by atoms with Crippen LogP contribution in [0.4, 0.5) is 0 Å². The first-order valence-electron chi connectivity index (χ1n) is 6.57. The van der Waals surface area contributed by atoms with Crippen LogP contribution >= 0.6 is 0 Å². The zero-order valence-electron chi connectivity index (χ0n) is 11.0. The van der Waals surface area contributed by atoms with Crippen LogP contribution in [0.1, 0.15) is 45.4 Å². The first-order valence-corrected chi connectivity index (χ1v) is 6.57. The number of nitrogens with one attached hydrogen (secondary N) is 1. The number of hydrogen-bond donors (Lipinski definition) is 1. The smallest absolute Gasteiger partial charge is 0.223 e. The molecule has 1 N–H and O–H groups in total. The number of carbonyl (C=O) groups excluding carboxylic acids is 1. The van der Waals surface area contributed by atoms with Gasteiger partial charge in [-0.2, -0.15) is 0 Å². The van der Waals surface area contributed by atoms with Crippen LogP contribution < -0.4 is 5.32 Å². The summed E-state index contributed by atoms with van der Waals surface area (Å²) >= 11 is 0. The van der Waals surface area contributed by atoms with Crippen LogP contribution in [0, 0.1) is 5.92 Å². The van der Waals surface area contributed by atoms with E-state index in [4.69, 9.17) is 0 Å². The number of carbonyl (C=O) groups is 1. The normalized spacial score (nSPS) is 25.4. The Bertz CT molecular complexity index is 208. The zero-order chi connectivity index (χ0) is 12.0. The fourth-order valence-corrected chi connectivity index (χ4v) is 2.38. The fourth-order valence-electron chi connectivity index (χ4n) is 2.38. The van der Waals surface area contributed by atoms with Gasteiger partial charge in [-0.15, -0.1) is 0 Å². The Morgan fingerprint density at radius 1 is 1.25 bits per heavy atom. The molecule has 94 valence electrons. The van der Waals surface area contributed by atoms with Gasteiger partial charge in [0.05, 0.1) is 0 Å². The summed E-state index contributed by atoms with van der Waals surface area (Å²) in [6.45, 7) is 3.12. The number of hydrogen-bond acceptors (Lipinski definition) is 2. The lowest BCUT2D eigenvalue weighted by molar-refractivity contribution is -0.128. The van der Waals surface area contributed by atoms with E-state index in [1.54, 1.807) is 4.90 Å². The second-order valence-electron chi connectivity index (χ2n) is 5.12. The molecule has 1 saturated carbocycles. The monoisotopic (exact) mass is 226 g/mol. The molecule has 1 aliphatic rings. The van der Waals surface area contributed by atoms with Crippen LogP contribution in [0.5, 0.6) is 0 Å². The molecule has 0 aromatic rings. The Morgan fingerprint density at radius 3 is 2.38 bits per heavy atom. The van der Waals surface area contributed by atoms with Crippen LogP contribution in [-0.2, 0) is 4.79 Å². The van der Waals surface area contributed by atoms with Gasteiger partial charge in [-0.05, 0) is 31.6 Å². The van der Waals surface area contributed by atoms with Gasteiger partial charge in [0.15, 0.2) is 0 Å². The van der Waals surface area contributed by atoms with Crippen molar-refractivity contribution in [2.45, 2.75) is 51.5 Å². The predicted molar refractivity (Wildman–Crippen MR) is 67.4 cm³/mol. The summed E-state index contributed by atoms with van der Waals surface area (Å²) in [7, 11) is 3.63. The average molecular weight is 226 g/mol. The SMILES string of the molecule is CCC1CCC(NCCC(=O)N(C)C)CC1. The second kappa shape index (κ2) is 6.89. The van der Waals surface area contributed by atoms with Gasteiger partial charge in [-0.3, -0.25) is 4.79 Å². The van der Waals surface area contributed by atoms with E-state index in [1.165, 1.54) is 32.1 Å². The lowest BCUT2D eigenvalue weighted by atomic mass is 9.84. The number of rotatable bonds is 5. The molecule has 0 bridgehead atoms. The molecule has 0 unspecified atom stereocenters. The molecule has 0 aromatic heterocycles. The van der Waals surface area contributed by atoms with Gasteiger partial charge in [0, 0.05) is 33.1 Å². The van der Waals surface area contributed by atoms with Crippen molar-refractivity contribution < 1.29 is 4.79 Å². The summed E-state index contributed by atoms with van der Waals surface area (Å²) in [5.74, 6) is 1.16. The van der Waals surface area contributed by atoms with Crippen molar-refractivity contribution in [1.29, 1.82) is 0 Å². The van der Waals surface area contributed by atoms with E-state index >= 15 is 0 Å². The molecule has 3 nitrogen and oxygen atoms in total. The van der Waals surface area contributed by atoms with Crippen molar-refractivity contribution >= 4 is 5.91 Å². The van der Waals surface area contributed by atoms with Gasteiger partial charge >= 0.3 is 0 Å². The second-order valence-corrected chi connectivity index (χ2v) is 5.12. The minimum absolute atomic E-state index is 0.217. The molecule has 0 radical (unpaired) electrons. The molecular weight excluding hydrogens is 200 g/mol. The summed E-state index contributed by atoms with van der Waals surface area (Å²) in [4.78, 5) is 13.0. The van der Waals surface area contributed by atoms with Crippen LogP contribution in [-0.4, -0.2) is 37.5 Å². The molecule has 1 amide bonds. The van der Waals surface area contributed by atoms with Gasteiger partial charge < -0.3 is 10.2 Å². The highest BCUT2D eigenvalue weighted by atomic mass is 16.2. The molecule has 1 aliphatic carbocycles. The van der Waals surface area contributed by atoms with Crippen molar-refractivity contribution in [2.75, 3.05) is 20.6 Å². The predicted octanol–water partition coefficient (Wildman–Crippen LogP) is 2.02. The third-order valence-electron chi connectivity index (χ3n) is 3.69. The molecule has 1 fully saturated rings. The topological polar surface area (TPSA) is 32.3 Å². The number of nitrogens with zero attached hydrogens (tertiary/aromatic N) is 1. The third-order valence-corrected chi connectivity index (χ3v) is 3.69. The van der Waals surface area contributed by atoms with E-state index in [2.05, 4.69) is 12.2 Å². The van der Waals surface area contributed by atoms with Crippen LogP contribution in [0.15, 0.2) is 0 Å². The highest BCUT2D eigenvalue weighted by molar-refractivity contribution is 5.75. The van der Waals surface area contributed by atoms with Gasteiger partial charge in [-0.25, -0.2) is 0 Å². The first kappa shape index (κ1) is 13.5. The molecular formula is C13H26N2O. The van der Waals surface area contributed by atoms with E-state index in [0.717, 1.165) is 12.5 Å². The van der Waals surface area contributed by atoms with E-state index in [9.17, 15) is 4.79 Å². The lowest BCUT2D eigenvalue weighted by Gasteiger charge is -2.28. The summed E-state index contributed by atoms with van der Waals surface area (Å²) < 4.78 is 0. The van der Waals surface area contributed by atoms with Crippen molar-refractivity contribution in [1.82, 2.24) is 10.2 Å². The maximum Gasteiger partial charge on any atom is 0.223 e. The molecule has 0 aromatic carbocycles. The zero-order valence-corrected chi connectivity index (χ0v) is 11.0. The van der Waals surface area contributed by atoms with Crippen molar-refractivity contribution in [3.63, 3.8) is 0 Å². The summed E-state index contributed by atoms with van der Waals surface area (Å²) in [6, 6.07) is 0.651. The van der Waals surface area contributed by atoms with Gasteiger partial charge in [0.1, 0.15) is 0 Å². The summed E-state index contributed by atoms with van der Waals surface area (Å²) in [5, 5.41) is 3.50. The van der Waals surface area contributed by atoms with Gasteiger partial charge in [0.25, 0.3) is 0 Å². The molecule has 0 saturated heterocycles. The van der Waals surface area contributed by atoms with E-state index in [1.807, 2.05) is 14.1 Å². The average Bonchev–Trinajstić information content (AvgIpc) is 2.29. The van der Waals surface area contributed by atoms with E-state index in [-0.39, 0.29) is 5.91 Å². The molecule has 0 spiro atoms. The molecule has 16 heavy (non-hydrogen) atoms. The van der Waals surface area contributed by atoms with Crippen LogP contribution in [0.2, 0.25) is 0 Å². The molecule has 3 heteroatoms. The highest BCUT2D eigenvalue weighted by Gasteiger charge is 2.19. The maximum absolute atomic E-state index is 11.4. The van der Waals surface area contributed by atoms with E-state index in [0.29, 0.717) is 12.5 Å². The van der Waals surface area contributed by atoms with Crippen LogP contribution in [0.25, 0.3) is 0 Å². The minimum atomic E-state index is 0.217. The van der Waals surface area contributed by atoms with Crippen LogP contribution in [0.3, 0.4) is 0 Å². The Labute approximate surface area is 99.6 Å². The van der Waals surface area contributed by atoms with Crippen molar-refractivity contribution in [2.24, 2.45) is 5.92 Å². The lowest BCUT2D eigenvalue weighted by Crippen LogP contribution is -2.35. The quantitative estimate of drug-likeness (QED) is 0.778. The Kier molecular flexibility index (Phi) is 5.81. The molecule has 0 heterocycles. The first-order chi connectivity index (χ1) is 7.63. The Morgan fingerprint density at radius 2 is 1.88 bits per heavy atom. The fraction of sp³-hybridized carbons (Fsp3) is 0.923. The van der Waals surface area contributed by atoms with Crippen molar-refractivity contribution in [3.8, 4) is 0 Å². The highest BCUT2D eigenvalue weighted by Crippen LogP contribution is 2.26. The third kappa shape index (κ3) is 4.52. The Balaban J connectivity index is 2.08. The van der Waals surface area contributed by atoms with Gasteiger partial charge in [0.2, 0.25) is 5.91 Å². The van der Waals surface area contributed by atoms with Gasteiger partial charge in [-0.1, -0.05) is 13.3 Å². The Hall–Kier alpha value is -0.570. The summed E-state index contributed by atoms with van der Waals surface area (Å²) in [6.07, 6.45) is 7.24. The maximum atomic E-state index is 11.4. The van der Waals surface area contributed by atoms with Crippen molar-refractivity contribution in [3.05, 3.63) is 0 Å². The van der Waals surface area contributed by atoms with E-state index < -0.39 is 0 Å². The summed E-state index contributed by atoms with van der Waals surface area (Å²) in [5.41, 5.74) is 0. The number of amides is 1.